The summed E-state index contributed by atoms with van der Waals surface area (Å²) in [4.78, 5) is 25.0. The Hall–Kier alpha value is -3.82. The van der Waals surface area contributed by atoms with Gasteiger partial charge in [-0.2, -0.15) is 13.2 Å². The van der Waals surface area contributed by atoms with Crippen LogP contribution in [0.1, 0.15) is 5.56 Å². The first-order valence-corrected chi connectivity index (χ1v) is 10.0. The Morgan fingerprint density at radius 3 is 2.28 bits per heavy atom. The number of carbonyl (C=O) groups is 1. The zero-order valence-corrected chi connectivity index (χ0v) is 17.0. The van der Waals surface area contributed by atoms with E-state index >= 15 is 0 Å². The van der Waals surface area contributed by atoms with Gasteiger partial charge in [-0.3, -0.25) is 5.32 Å². The molecule has 1 aliphatic rings. The van der Waals surface area contributed by atoms with Crippen molar-refractivity contribution in [3.8, 4) is 0 Å². The summed E-state index contributed by atoms with van der Waals surface area (Å²) in [5.74, 6) is 0.923. The van der Waals surface area contributed by atoms with E-state index in [1.165, 1.54) is 24.1 Å². The molecule has 0 aliphatic carbocycles. The number of halogens is 3. The number of carbonyl (C=O) groups excluding carboxylic acids is 1. The number of benzene rings is 2. The topological polar surface area (TPSA) is 73.4 Å². The van der Waals surface area contributed by atoms with Crippen LogP contribution in [0.5, 0.6) is 0 Å². The lowest BCUT2D eigenvalue weighted by molar-refractivity contribution is -0.137. The normalized spacial score (nSPS) is 14.2. The molecule has 166 valence electrons. The Labute approximate surface area is 182 Å². The van der Waals surface area contributed by atoms with Crippen molar-refractivity contribution in [1.29, 1.82) is 0 Å². The second-order valence-electron chi connectivity index (χ2n) is 7.23. The molecule has 32 heavy (non-hydrogen) atoms. The molecular weight excluding hydrogens is 421 g/mol. The molecule has 7 nitrogen and oxygen atoms in total. The summed E-state index contributed by atoms with van der Waals surface area (Å²) < 4.78 is 38.5. The minimum atomic E-state index is -4.49. The van der Waals surface area contributed by atoms with Crippen LogP contribution in [0.2, 0.25) is 0 Å². The number of hydrogen-bond donors (Lipinski definition) is 2. The zero-order chi connectivity index (χ0) is 22.6. The number of hydrogen-bond acceptors (Lipinski definition) is 5. The zero-order valence-electron chi connectivity index (χ0n) is 17.0. The number of piperazine rings is 1. The summed E-state index contributed by atoms with van der Waals surface area (Å²) in [6.07, 6.45) is -3.14. The standard InChI is InChI=1S/C22H21F3N6O/c23-22(24,25)16-5-4-6-17(13-16)28-21(32)29-19-14-20(27-15-26-19)31-11-9-30(10-12-31)18-7-2-1-3-8-18/h1-8,13-15H,9-12H2,(H2,26,27,28,29,32). The van der Waals surface area contributed by atoms with E-state index in [9.17, 15) is 18.0 Å². The van der Waals surface area contributed by atoms with Crippen molar-refractivity contribution in [2.75, 3.05) is 46.6 Å². The number of nitrogens with one attached hydrogen (secondary N) is 2. The highest BCUT2D eigenvalue weighted by Crippen LogP contribution is 2.30. The van der Waals surface area contributed by atoms with Crippen LogP contribution in [0.3, 0.4) is 0 Å². The summed E-state index contributed by atoms with van der Waals surface area (Å²) >= 11 is 0. The van der Waals surface area contributed by atoms with Gasteiger partial charge in [0.05, 0.1) is 5.56 Å². The third-order valence-corrected chi connectivity index (χ3v) is 5.07. The molecule has 2 heterocycles. The van der Waals surface area contributed by atoms with Crippen LogP contribution in [0.4, 0.5) is 41.0 Å². The highest BCUT2D eigenvalue weighted by Gasteiger charge is 2.30. The molecule has 1 saturated heterocycles. The Bertz CT molecular complexity index is 1070. The van der Waals surface area contributed by atoms with Gasteiger partial charge in [0.1, 0.15) is 18.0 Å². The predicted molar refractivity (Wildman–Crippen MR) is 117 cm³/mol. The molecule has 0 saturated carbocycles. The van der Waals surface area contributed by atoms with Gasteiger partial charge in [0.25, 0.3) is 0 Å². The van der Waals surface area contributed by atoms with Crippen molar-refractivity contribution in [3.63, 3.8) is 0 Å². The van der Waals surface area contributed by atoms with Crippen LogP contribution in [-0.2, 0) is 6.18 Å². The Morgan fingerprint density at radius 1 is 0.844 bits per heavy atom. The highest BCUT2D eigenvalue weighted by molar-refractivity contribution is 5.99. The van der Waals surface area contributed by atoms with Crippen molar-refractivity contribution in [2.45, 2.75) is 6.18 Å². The van der Waals surface area contributed by atoms with Gasteiger partial charge in [0.2, 0.25) is 0 Å². The van der Waals surface area contributed by atoms with Crippen LogP contribution in [0.15, 0.2) is 67.0 Å². The second-order valence-corrected chi connectivity index (χ2v) is 7.23. The number of amides is 2. The lowest BCUT2D eigenvalue weighted by atomic mass is 10.2. The fourth-order valence-corrected chi connectivity index (χ4v) is 3.47. The van der Waals surface area contributed by atoms with E-state index in [4.69, 9.17) is 0 Å². The van der Waals surface area contributed by atoms with Gasteiger partial charge in [-0.05, 0) is 30.3 Å². The van der Waals surface area contributed by atoms with Gasteiger partial charge in [-0.1, -0.05) is 24.3 Å². The first-order chi connectivity index (χ1) is 15.4. The number of urea groups is 1. The highest BCUT2D eigenvalue weighted by atomic mass is 19.4. The quantitative estimate of drug-likeness (QED) is 0.624. The Balaban J connectivity index is 1.36. The van der Waals surface area contributed by atoms with Gasteiger partial charge >= 0.3 is 12.2 Å². The van der Waals surface area contributed by atoms with Crippen molar-refractivity contribution in [3.05, 3.63) is 72.6 Å². The Kier molecular flexibility index (Phi) is 6.11. The van der Waals surface area contributed by atoms with Crippen LogP contribution in [0, 0.1) is 0 Å². The van der Waals surface area contributed by atoms with Crippen molar-refractivity contribution >= 4 is 29.0 Å². The van der Waals surface area contributed by atoms with E-state index in [1.807, 2.05) is 18.2 Å². The molecule has 1 aliphatic heterocycles. The first-order valence-electron chi connectivity index (χ1n) is 10.0. The van der Waals surface area contributed by atoms with E-state index in [1.54, 1.807) is 6.07 Å². The van der Waals surface area contributed by atoms with Crippen molar-refractivity contribution in [2.24, 2.45) is 0 Å². The number of anilines is 4. The smallest absolute Gasteiger partial charge is 0.368 e. The second kappa shape index (κ2) is 9.13. The van der Waals surface area contributed by atoms with Crippen LogP contribution >= 0.6 is 0 Å². The fourth-order valence-electron chi connectivity index (χ4n) is 3.47. The van der Waals surface area contributed by atoms with E-state index < -0.39 is 17.8 Å². The molecule has 4 rings (SSSR count). The molecular formula is C22H21F3N6O. The fraction of sp³-hybridized carbons (Fsp3) is 0.227. The van der Waals surface area contributed by atoms with E-state index in [2.05, 4.69) is 42.5 Å². The summed E-state index contributed by atoms with van der Waals surface area (Å²) in [5, 5.41) is 4.94. The minimum absolute atomic E-state index is 0.0311. The number of nitrogens with zero attached hydrogens (tertiary/aromatic N) is 4. The molecule has 2 amide bonds. The SMILES string of the molecule is O=C(Nc1cccc(C(F)(F)F)c1)Nc1cc(N2CCN(c3ccccc3)CC2)ncn1. The average molecular weight is 442 g/mol. The molecule has 0 spiro atoms. The van der Waals surface area contributed by atoms with Crippen LogP contribution in [-0.4, -0.2) is 42.2 Å². The third kappa shape index (κ3) is 5.26. The lowest BCUT2D eigenvalue weighted by Gasteiger charge is -2.36. The van der Waals surface area contributed by atoms with Gasteiger partial charge in [-0.15, -0.1) is 0 Å². The van der Waals surface area contributed by atoms with E-state index in [0.29, 0.717) is 5.82 Å². The third-order valence-electron chi connectivity index (χ3n) is 5.07. The number of alkyl halides is 3. The maximum atomic E-state index is 12.8. The maximum Gasteiger partial charge on any atom is 0.416 e. The molecule has 0 bridgehead atoms. The number of rotatable bonds is 4. The molecule has 0 radical (unpaired) electrons. The molecule has 1 fully saturated rings. The summed E-state index contributed by atoms with van der Waals surface area (Å²) in [6.45, 7) is 3.16. The van der Waals surface area contributed by atoms with Gasteiger partial charge in [-0.25, -0.2) is 14.8 Å². The number of aromatic nitrogens is 2. The summed E-state index contributed by atoms with van der Waals surface area (Å²) in [5.41, 5.74) is 0.362. The molecule has 2 aromatic carbocycles. The summed E-state index contributed by atoms with van der Waals surface area (Å²) in [6, 6.07) is 15.5. The molecule has 2 N–H and O–H groups in total. The summed E-state index contributed by atoms with van der Waals surface area (Å²) in [7, 11) is 0. The van der Waals surface area contributed by atoms with Crippen molar-refractivity contribution < 1.29 is 18.0 Å². The molecule has 0 unspecified atom stereocenters. The first kappa shape index (κ1) is 21.4. The van der Waals surface area contributed by atoms with E-state index in [0.717, 1.165) is 38.3 Å². The minimum Gasteiger partial charge on any atom is -0.368 e. The van der Waals surface area contributed by atoms with Crippen molar-refractivity contribution in [1.82, 2.24) is 9.97 Å². The Morgan fingerprint density at radius 2 is 1.56 bits per heavy atom. The molecule has 0 atom stereocenters. The van der Waals surface area contributed by atoms with E-state index in [-0.39, 0.29) is 11.5 Å². The van der Waals surface area contributed by atoms with Gasteiger partial charge in [0, 0.05) is 43.6 Å². The number of para-hydroxylation sites is 1. The maximum absolute atomic E-state index is 12.8. The van der Waals surface area contributed by atoms with Crippen LogP contribution in [0.25, 0.3) is 0 Å². The van der Waals surface area contributed by atoms with Crippen LogP contribution < -0.4 is 20.4 Å². The molecule has 10 heteroatoms. The van der Waals surface area contributed by atoms with Gasteiger partial charge in [0.15, 0.2) is 0 Å². The van der Waals surface area contributed by atoms with Gasteiger partial charge < -0.3 is 15.1 Å². The monoisotopic (exact) mass is 442 g/mol. The largest absolute Gasteiger partial charge is 0.416 e. The predicted octanol–water partition coefficient (Wildman–Crippen LogP) is 4.47. The lowest BCUT2D eigenvalue weighted by Crippen LogP contribution is -2.46. The molecule has 3 aromatic rings. The average Bonchev–Trinajstić information content (AvgIpc) is 2.79. The molecule has 1 aromatic heterocycles.